The van der Waals surface area contributed by atoms with Gasteiger partial charge in [0.15, 0.2) is 0 Å². The minimum Gasteiger partial charge on any atom is -0.394 e. The molecule has 0 aromatic heterocycles. The maximum absolute atomic E-state index is 13.4. The number of benzene rings is 4. The molecule has 0 fully saturated rings. The summed E-state index contributed by atoms with van der Waals surface area (Å²) in [5.74, 6) is 0.987. The van der Waals surface area contributed by atoms with Crippen molar-refractivity contribution < 1.29 is 18.5 Å². The second kappa shape index (κ2) is 11.3. The van der Waals surface area contributed by atoms with Crippen LogP contribution in [0.15, 0.2) is 60.7 Å². The van der Waals surface area contributed by atoms with Crippen LogP contribution >= 0.6 is 7.82 Å². The van der Waals surface area contributed by atoms with E-state index in [-0.39, 0.29) is 0 Å². The van der Waals surface area contributed by atoms with Gasteiger partial charge < -0.3 is 9.05 Å². The molecule has 1 aliphatic heterocycles. The lowest BCUT2D eigenvalue weighted by Gasteiger charge is -2.18. The summed E-state index contributed by atoms with van der Waals surface area (Å²) >= 11 is 0. The molecule has 1 aliphatic rings. The quantitative estimate of drug-likeness (QED) is 0.168. The molecule has 5 rings (SSSR count). The molecule has 4 aromatic rings. The Hall–Kier alpha value is -2.81. The molecule has 0 saturated carbocycles. The number of rotatable bonds is 10. The molecule has 0 spiro atoms. The Morgan fingerprint density at radius 3 is 1.51 bits per heavy atom. The second-order valence-corrected chi connectivity index (χ2v) is 11.5. The van der Waals surface area contributed by atoms with Gasteiger partial charge in [0.2, 0.25) is 0 Å². The van der Waals surface area contributed by atoms with Crippen LogP contribution < -0.4 is 9.05 Å². The fourth-order valence-electron chi connectivity index (χ4n) is 5.58. The third kappa shape index (κ3) is 5.42. The Labute approximate surface area is 220 Å². The fourth-order valence-corrected chi connectivity index (χ4v) is 6.50. The summed E-state index contributed by atoms with van der Waals surface area (Å²) < 4.78 is 25.3. The summed E-state index contributed by atoms with van der Waals surface area (Å²) in [5, 5.41) is 4.23. The number of aryl methyl sites for hydroxylation is 2. The highest BCUT2D eigenvalue weighted by Crippen LogP contribution is 2.59. The van der Waals surface area contributed by atoms with Crippen molar-refractivity contribution in [2.24, 2.45) is 0 Å². The molecule has 4 aromatic carbocycles. The Bertz CT molecular complexity index is 1350. The highest BCUT2D eigenvalue weighted by molar-refractivity contribution is 7.48. The lowest BCUT2D eigenvalue weighted by Crippen LogP contribution is -2.02. The first kappa shape index (κ1) is 25.8. The average Bonchev–Trinajstić information content (AvgIpc) is 3.02. The first-order valence-corrected chi connectivity index (χ1v) is 15.3. The molecule has 5 heteroatoms. The van der Waals surface area contributed by atoms with E-state index in [1.165, 1.54) is 12.8 Å². The molecule has 0 atom stereocenters. The van der Waals surface area contributed by atoms with Crippen molar-refractivity contribution in [1.29, 1.82) is 0 Å². The average molecular weight is 517 g/mol. The normalized spacial score (nSPS) is 14.0. The third-order valence-electron chi connectivity index (χ3n) is 7.42. The third-order valence-corrected chi connectivity index (χ3v) is 8.25. The van der Waals surface area contributed by atoms with E-state index >= 15 is 0 Å². The minimum absolute atomic E-state index is 0.494. The van der Waals surface area contributed by atoms with Crippen molar-refractivity contribution >= 4 is 29.4 Å². The zero-order chi connectivity index (χ0) is 25.8. The zero-order valence-electron chi connectivity index (χ0n) is 22.0. The lowest BCUT2D eigenvalue weighted by molar-refractivity contribution is 0.292. The number of unbranched alkanes of at least 4 members (excludes halogenated alkanes) is 6. The van der Waals surface area contributed by atoms with Gasteiger partial charge in [0.05, 0.1) is 0 Å². The summed E-state index contributed by atoms with van der Waals surface area (Å²) in [4.78, 5) is 11.0. The standard InChI is InChI=1S/C32H37O4P/c1-3-5-7-9-17-25-21-23-15-11-13-19-27(23)29-30-28-20-14-12-16-24(28)22-26(18-10-8-6-4-2)32(30)36-37(33,34)35-31(25)29/h11-16,19-22H,3-10,17-18H2,1-2H3,(H,33,34). The molecule has 0 bridgehead atoms. The highest BCUT2D eigenvalue weighted by atomic mass is 31.2. The minimum atomic E-state index is -4.39. The van der Waals surface area contributed by atoms with Crippen LogP contribution in [0.5, 0.6) is 11.5 Å². The summed E-state index contributed by atoms with van der Waals surface area (Å²) in [6.45, 7) is 4.40. The first-order chi connectivity index (χ1) is 18.0. The summed E-state index contributed by atoms with van der Waals surface area (Å²) in [7, 11) is -4.39. The second-order valence-electron chi connectivity index (χ2n) is 10.2. The molecule has 194 valence electrons. The van der Waals surface area contributed by atoms with Crippen molar-refractivity contribution in [2.75, 3.05) is 0 Å². The molecule has 4 nitrogen and oxygen atoms in total. The molecular weight excluding hydrogens is 479 g/mol. The Kier molecular flexibility index (Phi) is 7.88. The molecule has 0 amide bonds. The van der Waals surface area contributed by atoms with Crippen LogP contribution in [0.25, 0.3) is 32.7 Å². The van der Waals surface area contributed by atoms with Crippen LogP contribution in [-0.2, 0) is 17.4 Å². The molecule has 1 heterocycles. The van der Waals surface area contributed by atoms with Gasteiger partial charge in [-0.05, 0) is 70.5 Å². The van der Waals surface area contributed by atoms with Gasteiger partial charge in [0, 0.05) is 11.1 Å². The Morgan fingerprint density at radius 1 is 0.649 bits per heavy atom. The summed E-state index contributed by atoms with van der Waals surface area (Å²) in [5.41, 5.74) is 3.68. The van der Waals surface area contributed by atoms with E-state index in [0.29, 0.717) is 11.5 Å². The van der Waals surface area contributed by atoms with Gasteiger partial charge in [0.25, 0.3) is 0 Å². The lowest BCUT2D eigenvalue weighted by atomic mass is 9.87. The highest BCUT2D eigenvalue weighted by Gasteiger charge is 2.36. The van der Waals surface area contributed by atoms with E-state index in [4.69, 9.17) is 9.05 Å². The zero-order valence-corrected chi connectivity index (χ0v) is 22.9. The van der Waals surface area contributed by atoms with Crippen molar-refractivity contribution in [3.05, 3.63) is 71.8 Å². The number of phosphoric ester groups is 1. The van der Waals surface area contributed by atoms with Gasteiger partial charge >= 0.3 is 7.82 Å². The van der Waals surface area contributed by atoms with E-state index in [0.717, 1.165) is 95.2 Å². The van der Waals surface area contributed by atoms with Crippen LogP contribution in [-0.4, -0.2) is 4.89 Å². The van der Waals surface area contributed by atoms with Gasteiger partial charge in [-0.15, -0.1) is 0 Å². The molecular formula is C32H37O4P. The van der Waals surface area contributed by atoms with Crippen LogP contribution in [0.1, 0.15) is 76.3 Å². The van der Waals surface area contributed by atoms with Crippen LogP contribution in [0.4, 0.5) is 0 Å². The van der Waals surface area contributed by atoms with E-state index in [9.17, 15) is 9.46 Å². The van der Waals surface area contributed by atoms with E-state index in [1.807, 2.05) is 24.3 Å². The fraction of sp³-hybridized carbons (Fsp3) is 0.375. The van der Waals surface area contributed by atoms with Crippen molar-refractivity contribution in [2.45, 2.75) is 78.1 Å². The number of fused-ring (bicyclic) bond motifs is 7. The van der Waals surface area contributed by atoms with E-state index in [1.54, 1.807) is 0 Å². The maximum Gasteiger partial charge on any atom is 0.584 e. The van der Waals surface area contributed by atoms with Crippen LogP contribution in [0, 0.1) is 0 Å². The van der Waals surface area contributed by atoms with Crippen molar-refractivity contribution in [3.63, 3.8) is 0 Å². The van der Waals surface area contributed by atoms with Gasteiger partial charge in [-0.3, -0.25) is 4.89 Å². The van der Waals surface area contributed by atoms with Crippen molar-refractivity contribution in [3.8, 4) is 22.6 Å². The van der Waals surface area contributed by atoms with Gasteiger partial charge in [-0.2, -0.15) is 0 Å². The number of hydrogen-bond donors (Lipinski definition) is 1. The summed E-state index contributed by atoms with van der Waals surface area (Å²) in [6.07, 6.45) is 10.5. The van der Waals surface area contributed by atoms with Gasteiger partial charge in [-0.1, -0.05) is 101 Å². The predicted octanol–water partition coefficient (Wildman–Crippen LogP) is 9.78. The number of hydrogen-bond acceptors (Lipinski definition) is 3. The van der Waals surface area contributed by atoms with Gasteiger partial charge in [0.1, 0.15) is 11.5 Å². The first-order valence-electron chi connectivity index (χ1n) is 13.8. The SMILES string of the molecule is CCCCCCc1cc2ccccc2c2c1OP(=O)(O)Oc1c(CCCCCC)cc3ccccc3c1-2. The molecule has 37 heavy (non-hydrogen) atoms. The largest absolute Gasteiger partial charge is 0.584 e. The monoisotopic (exact) mass is 516 g/mol. The smallest absolute Gasteiger partial charge is 0.394 e. The molecule has 0 aliphatic carbocycles. The topological polar surface area (TPSA) is 55.8 Å². The molecule has 1 N–H and O–H groups in total. The van der Waals surface area contributed by atoms with Crippen molar-refractivity contribution in [1.82, 2.24) is 0 Å². The maximum atomic E-state index is 13.4. The molecule has 0 radical (unpaired) electrons. The molecule has 0 saturated heterocycles. The van der Waals surface area contributed by atoms with Crippen LogP contribution in [0.2, 0.25) is 0 Å². The van der Waals surface area contributed by atoms with Gasteiger partial charge in [-0.25, -0.2) is 4.57 Å². The number of phosphoric acid groups is 1. The Balaban J connectivity index is 1.79. The molecule has 0 unspecified atom stereocenters. The van der Waals surface area contributed by atoms with E-state index in [2.05, 4.69) is 50.2 Å². The predicted molar refractivity (Wildman–Crippen MR) is 154 cm³/mol. The summed E-state index contributed by atoms with van der Waals surface area (Å²) in [6, 6.07) is 20.8. The van der Waals surface area contributed by atoms with E-state index < -0.39 is 7.82 Å². The Morgan fingerprint density at radius 2 is 1.08 bits per heavy atom. The van der Waals surface area contributed by atoms with Crippen LogP contribution in [0.3, 0.4) is 0 Å².